The molecule has 3 rings (SSSR count). The van der Waals surface area contributed by atoms with Gasteiger partial charge in [0.05, 0.1) is 25.1 Å². The van der Waals surface area contributed by atoms with E-state index in [1.54, 1.807) is 18.4 Å². The van der Waals surface area contributed by atoms with E-state index in [9.17, 15) is 14.3 Å². The van der Waals surface area contributed by atoms with Crippen LogP contribution in [0.1, 0.15) is 32.9 Å². The van der Waals surface area contributed by atoms with Crippen molar-refractivity contribution in [1.82, 2.24) is 19.5 Å². The third-order valence-corrected chi connectivity index (χ3v) is 5.04. The van der Waals surface area contributed by atoms with Gasteiger partial charge in [-0.25, -0.2) is 18.9 Å². The number of imidazole rings is 1. The molecule has 1 fully saturated rings. The van der Waals surface area contributed by atoms with Crippen LogP contribution in [0.3, 0.4) is 0 Å². The standard InChI is InChI=1S/C15H21ClN5O8P.C2H2/c1-8(2)28-15(22)25-7-27-30(23,24)26-5-9-3-4-10(29-9)21-6-18-11-12(17)19-14(16)20-13(11)21;1-2/h6,8-10H,3-5,7H2,1-2H3,(H,23,24)(H2,17,19,20);1-2H/t9-,10?;/m0./s1. The van der Waals surface area contributed by atoms with Gasteiger partial charge < -0.3 is 24.8 Å². The molecule has 3 atom stereocenters. The number of phosphoric acid groups is 1. The van der Waals surface area contributed by atoms with Crippen LogP contribution in [0.5, 0.6) is 0 Å². The van der Waals surface area contributed by atoms with E-state index >= 15 is 0 Å². The van der Waals surface area contributed by atoms with Crippen LogP contribution < -0.4 is 5.73 Å². The quantitative estimate of drug-likeness (QED) is 0.182. The summed E-state index contributed by atoms with van der Waals surface area (Å²) in [6, 6.07) is 0. The van der Waals surface area contributed by atoms with Gasteiger partial charge >= 0.3 is 14.0 Å². The van der Waals surface area contributed by atoms with E-state index in [-0.39, 0.29) is 17.7 Å². The summed E-state index contributed by atoms with van der Waals surface area (Å²) in [6.07, 6.45) is 8.27. The number of phosphoric ester groups is 1. The van der Waals surface area contributed by atoms with Crippen molar-refractivity contribution < 1.29 is 37.5 Å². The predicted octanol–water partition coefficient (Wildman–Crippen LogP) is 2.64. The molecule has 2 aromatic heterocycles. The average Bonchev–Trinajstić information content (AvgIpc) is 3.34. The molecule has 1 saturated heterocycles. The fourth-order valence-corrected chi connectivity index (χ4v) is 3.50. The van der Waals surface area contributed by atoms with E-state index in [0.717, 1.165) is 0 Å². The summed E-state index contributed by atoms with van der Waals surface area (Å²) in [6.45, 7) is 2.24. The number of nitrogen functional groups attached to an aromatic ring is 1. The zero-order valence-corrected chi connectivity index (χ0v) is 18.9. The summed E-state index contributed by atoms with van der Waals surface area (Å²) in [7, 11) is -4.45. The molecule has 2 aromatic rings. The molecule has 15 heteroatoms. The van der Waals surface area contributed by atoms with E-state index in [1.807, 2.05) is 0 Å². The Hall–Kier alpha value is -2.46. The number of carbonyl (C=O) groups is 1. The van der Waals surface area contributed by atoms with E-state index in [0.29, 0.717) is 24.0 Å². The van der Waals surface area contributed by atoms with Gasteiger partial charge in [-0.15, -0.1) is 12.8 Å². The predicted molar refractivity (Wildman–Crippen MR) is 112 cm³/mol. The van der Waals surface area contributed by atoms with E-state index in [2.05, 4.69) is 37.1 Å². The smallest absolute Gasteiger partial charge is 0.432 e. The number of anilines is 1. The average molecular weight is 492 g/mol. The minimum absolute atomic E-state index is 0.0162. The number of carbonyl (C=O) groups excluding carboxylic acids is 1. The van der Waals surface area contributed by atoms with Gasteiger partial charge in [0.2, 0.25) is 12.1 Å². The summed E-state index contributed by atoms with van der Waals surface area (Å²) >= 11 is 5.86. The van der Waals surface area contributed by atoms with Crippen LogP contribution in [-0.4, -0.2) is 56.2 Å². The Morgan fingerprint density at radius 2 is 2.12 bits per heavy atom. The Morgan fingerprint density at radius 3 is 2.81 bits per heavy atom. The first-order valence-corrected chi connectivity index (χ1v) is 11.1. The maximum absolute atomic E-state index is 11.9. The molecule has 0 aromatic carbocycles. The summed E-state index contributed by atoms with van der Waals surface area (Å²) in [4.78, 5) is 33.0. The molecule has 32 heavy (non-hydrogen) atoms. The molecule has 0 saturated carbocycles. The second kappa shape index (κ2) is 11.4. The van der Waals surface area contributed by atoms with Crippen LogP contribution in [0.25, 0.3) is 11.2 Å². The van der Waals surface area contributed by atoms with E-state index in [4.69, 9.17) is 31.3 Å². The van der Waals surface area contributed by atoms with Gasteiger partial charge in [0, 0.05) is 0 Å². The van der Waals surface area contributed by atoms with Gasteiger partial charge in [-0.05, 0) is 38.3 Å². The molecule has 2 unspecified atom stereocenters. The molecule has 0 amide bonds. The van der Waals surface area contributed by atoms with Crippen LogP contribution in [0, 0.1) is 12.8 Å². The van der Waals surface area contributed by atoms with Crippen molar-refractivity contribution in [2.75, 3.05) is 19.1 Å². The lowest BCUT2D eigenvalue weighted by Crippen LogP contribution is -2.17. The molecule has 1 aliphatic heterocycles. The Kier molecular flexibility index (Phi) is 9.21. The van der Waals surface area contributed by atoms with Crippen LogP contribution >= 0.6 is 19.4 Å². The summed E-state index contributed by atoms with van der Waals surface area (Å²) in [5.41, 5.74) is 6.60. The highest BCUT2D eigenvalue weighted by Gasteiger charge is 2.31. The Balaban J connectivity index is 0.00000176. The highest BCUT2D eigenvalue weighted by atomic mass is 35.5. The lowest BCUT2D eigenvalue weighted by Gasteiger charge is -2.17. The van der Waals surface area contributed by atoms with Crippen molar-refractivity contribution in [3.05, 3.63) is 11.6 Å². The molecule has 0 aliphatic carbocycles. The lowest BCUT2D eigenvalue weighted by atomic mass is 10.2. The summed E-state index contributed by atoms with van der Waals surface area (Å²) in [5.74, 6) is 0.152. The largest absolute Gasteiger partial charge is 0.510 e. The van der Waals surface area contributed by atoms with Crippen LogP contribution in [0.15, 0.2) is 6.33 Å². The molecule has 0 radical (unpaired) electrons. The maximum atomic E-state index is 11.9. The molecular weight excluding hydrogens is 469 g/mol. The summed E-state index contributed by atoms with van der Waals surface area (Å²) in [5, 5.41) is -0.0162. The number of terminal acetylenes is 1. The lowest BCUT2D eigenvalue weighted by molar-refractivity contribution is -0.0373. The van der Waals surface area contributed by atoms with Crippen molar-refractivity contribution >= 4 is 42.6 Å². The van der Waals surface area contributed by atoms with E-state index < -0.39 is 39.2 Å². The number of hydrogen-bond donors (Lipinski definition) is 2. The zero-order chi connectivity index (χ0) is 23.9. The number of hydrogen-bond acceptors (Lipinski definition) is 11. The monoisotopic (exact) mass is 491 g/mol. The first kappa shape index (κ1) is 25.8. The fourth-order valence-electron chi connectivity index (χ4n) is 2.72. The molecule has 3 N–H and O–H groups in total. The van der Waals surface area contributed by atoms with Crippen molar-refractivity contribution in [2.24, 2.45) is 0 Å². The molecule has 1 aliphatic rings. The van der Waals surface area contributed by atoms with E-state index in [1.165, 1.54) is 6.33 Å². The molecule has 176 valence electrons. The van der Waals surface area contributed by atoms with Gasteiger partial charge in [0.1, 0.15) is 11.7 Å². The number of rotatable bonds is 8. The highest BCUT2D eigenvalue weighted by molar-refractivity contribution is 7.47. The molecular formula is C17H23ClN5O8P. The second-order valence-corrected chi connectivity index (χ2v) is 8.36. The number of halogens is 1. The maximum Gasteiger partial charge on any atom is 0.510 e. The number of ether oxygens (including phenoxy) is 3. The minimum atomic E-state index is -4.45. The Bertz CT molecular complexity index is 1000. The van der Waals surface area contributed by atoms with Crippen LogP contribution in [0.4, 0.5) is 10.6 Å². The molecule has 0 spiro atoms. The van der Waals surface area contributed by atoms with Gasteiger partial charge in [0.25, 0.3) is 0 Å². The normalized spacial score (nSPS) is 19.8. The first-order valence-electron chi connectivity index (χ1n) is 9.24. The second-order valence-electron chi connectivity index (χ2n) is 6.56. The number of fused-ring (bicyclic) bond motifs is 1. The molecule has 3 heterocycles. The summed E-state index contributed by atoms with van der Waals surface area (Å²) < 4.78 is 38.1. The fraction of sp³-hybridized carbons (Fsp3) is 0.529. The highest BCUT2D eigenvalue weighted by Crippen LogP contribution is 2.44. The van der Waals surface area contributed by atoms with Crippen molar-refractivity contribution in [1.29, 1.82) is 0 Å². The SMILES string of the molecule is C#C.CC(C)OC(=O)OCOP(=O)(O)OC[C@@H]1CCC(n2cnc3c(N)nc(Cl)nc32)O1. The van der Waals surface area contributed by atoms with Crippen LogP contribution in [-0.2, 0) is 27.8 Å². The van der Waals surface area contributed by atoms with Crippen LogP contribution in [0.2, 0.25) is 5.28 Å². The third kappa shape index (κ3) is 7.03. The number of nitrogens with two attached hydrogens (primary N) is 1. The third-order valence-electron chi connectivity index (χ3n) is 3.96. The first-order chi connectivity index (χ1) is 15.1. The number of nitrogens with zero attached hydrogens (tertiary/aromatic N) is 4. The van der Waals surface area contributed by atoms with Gasteiger partial charge in [0.15, 0.2) is 11.5 Å². The zero-order valence-electron chi connectivity index (χ0n) is 17.3. The van der Waals surface area contributed by atoms with Gasteiger partial charge in [-0.3, -0.25) is 9.09 Å². The van der Waals surface area contributed by atoms with Gasteiger partial charge in [-0.2, -0.15) is 9.97 Å². The Morgan fingerprint density at radius 1 is 1.41 bits per heavy atom. The van der Waals surface area contributed by atoms with Crippen molar-refractivity contribution in [3.8, 4) is 12.8 Å². The molecule has 0 bridgehead atoms. The van der Waals surface area contributed by atoms with Crippen molar-refractivity contribution in [3.63, 3.8) is 0 Å². The minimum Gasteiger partial charge on any atom is -0.432 e. The van der Waals surface area contributed by atoms with Crippen molar-refractivity contribution in [2.45, 2.75) is 45.1 Å². The van der Waals surface area contributed by atoms with Gasteiger partial charge in [-0.1, -0.05) is 0 Å². The Labute approximate surface area is 188 Å². The number of aromatic nitrogens is 4. The molecule has 13 nitrogen and oxygen atoms in total. The topological polar surface area (TPSA) is 170 Å².